The van der Waals surface area contributed by atoms with E-state index in [0.717, 1.165) is 19.5 Å². The molecule has 1 unspecified atom stereocenters. The van der Waals surface area contributed by atoms with Crippen molar-refractivity contribution in [1.82, 2.24) is 14.7 Å². The zero-order valence-electron chi connectivity index (χ0n) is 18.1. The van der Waals surface area contributed by atoms with Crippen LogP contribution < -0.4 is 0 Å². The summed E-state index contributed by atoms with van der Waals surface area (Å²) in [5.41, 5.74) is 2.67. The van der Waals surface area contributed by atoms with Crippen molar-refractivity contribution in [2.45, 2.75) is 31.9 Å². The normalized spacial score (nSPS) is 21.5. The number of ether oxygens (including phenoxy) is 2. The molecule has 0 aliphatic carbocycles. The molecule has 2 saturated heterocycles. The van der Waals surface area contributed by atoms with Gasteiger partial charge in [0.2, 0.25) is 5.91 Å². The van der Waals surface area contributed by atoms with E-state index in [0.29, 0.717) is 58.8 Å². The average Bonchev–Trinajstić information content (AvgIpc) is 2.82. The molecule has 2 fully saturated rings. The van der Waals surface area contributed by atoms with E-state index in [1.54, 1.807) is 4.90 Å². The number of amides is 2. The molecule has 31 heavy (non-hydrogen) atoms. The second-order valence-corrected chi connectivity index (χ2v) is 8.68. The third-order valence-corrected chi connectivity index (χ3v) is 6.50. The fourth-order valence-corrected chi connectivity index (χ4v) is 4.67. The zero-order chi connectivity index (χ0) is 21.6. The molecule has 3 aliphatic heterocycles. The molecule has 1 N–H and O–H groups in total. The maximum absolute atomic E-state index is 12.6. The molecule has 0 spiro atoms. The van der Waals surface area contributed by atoms with Crippen molar-refractivity contribution in [2.24, 2.45) is 5.92 Å². The molecule has 0 bridgehead atoms. The van der Waals surface area contributed by atoms with Gasteiger partial charge in [-0.2, -0.15) is 0 Å². The van der Waals surface area contributed by atoms with Gasteiger partial charge in [0.1, 0.15) is 12.7 Å². The summed E-state index contributed by atoms with van der Waals surface area (Å²) < 4.78 is 10.7. The minimum absolute atomic E-state index is 0.0103. The highest BCUT2D eigenvalue weighted by atomic mass is 16.6. The number of β-amino-alcohol motifs (C(OH)–C–C–N with tert-alkyl or cyclic N) is 1. The lowest BCUT2D eigenvalue weighted by molar-refractivity contribution is -0.141. The predicted molar refractivity (Wildman–Crippen MR) is 114 cm³/mol. The smallest absolute Gasteiger partial charge is 0.409 e. The van der Waals surface area contributed by atoms with Crippen LogP contribution in [-0.4, -0.2) is 97.0 Å². The van der Waals surface area contributed by atoms with Gasteiger partial charge in [0.05, 0.1) is 13.2 Å². The first-order valence-corrected chi connectivity index (χ1v) is 11.4. The third-order valence-electron chi connectivity index (χ3n) is 6.50. The standard InChI is InChI=1S/C23H33N3O5/c27-21(16-24-8-5-18-3-1-2-4-20(18)15-24)17-31-23(29)26-9-6-19(7-10-26)22(28)25-11-13-30-14-12-25/h1-4,19,21,27H,5-17H2. The molecule has 8 heteroatoms. The summed E-state index contributed by atoms with van der Waals surface area (Å²) in [5, 5.41) is 10.4. The molecule has 4 rings (SSSR count). The van der Waals surface area contributed by atoms with E-state index < -0.39 is 12.2 Å². The fraction of sp³-hybridized carbons (Fsp3) is 0.652. The van der Waals surface area contributed by atoms with E-state index in [1.807, 2.05) is 11.0 Å². The number of aliphatic hydroxyl groups is 1. The Kier molecular flexibility index (Phi) is 7.42. The van der Waals surface area contributed by atoms with Crippen LogP contribution in [0.5, 0.6) is 0 Å². The van der Waals surface area contributed by atoms with E-state index in [-0.39, 0.29) is 18.4 Å². The Balaban J connectivity index is 1.15. The van der Waals surface area contributed by atoms with E-state index in [1.165, 1.54) is 11.1 Å². The Morgan fingerprint density at radius 1 is 1.03 bits per heavy atom. The van der Waals surface area contributed by atoms with E-state index in [9.17, 15) is 14.7 Å². The van der Waals surface area contributed by atoms with E-state index in [2.05, 4.69) is 23.1 Å². The lowest BCUT2D eigenvalue weighted by Gasteiger charge is -2.35. The number of carbonyl (C=O) groups excluding carboxylic acids is 2. The maximum Gasteiger partial charge on any atom is 0.409 e. The van der Waals surface area contributed by atoms with Crippen LogP contribution in [0.4, 0.5) is 4.79 Å². The highest BCUT2D eigenvalue weighted by Crippen LogP contribution is 2.21. The molecule has 1 atom stereocenters. The summed E-state index contributed by atoms with van der Waals surface area (Å²) in [6, 6.07) is 8.38. The third kappa shape index (κ3) is 5.75. The maximum atomic E-state index is 12.6. The van der Waals surface area contributed by atoms with Crippen LogP contribution >= 0.6 is 0 Å². The highest BCUT2D eigenvalue weighted by molar-refractivity contribution is 5.79. The van der Waals surface area contributed by atoms with Gasteiger partial charge in [-0.3, -0.25) is 9.69 Å². The second kappa shape index (κ2) is 10.4. The summed E-state index contributed by atoms with van der Waals surface area (Å²) in [6.45, 7) is 5.71. The Morgan fingerprint density at radius 3 is 2.48 bits per heavy atom. The van der Waals surface area contributed by atoms with Crippen molar-refractivity contribution < 1.29 is 24.2 Å². The van der Waals surface area contributed by atoms with Crippen LogP contribution in [0.15, 0.2) is 24.3 Å². The van der Waals surface area contributed by atoms with Gasteiger partial charge >= 0.3 is 6.09 Å². The number of morpholine rings is 1. The molecule has 2 amide bonds. The van der Waals surface area contributed by atoms with Crippen LogP contribution in [0, 0.1) is 5.92 Å². The Hall–Kier alpha value is -2.16. The first-order valence-electron chi connectivity index (χ1n) is 11.4. The lowest BCUT2D eigenvalue weighted by atomic mass is 9.95. The quantitative estimate of drug-likeness (QED) is 0.752. The highest BCUT2D eigenvalue weighted by Gasteiger charge is 2.31. The predicted octanol–water partition coefficient (Wildman–Crippen LogP) is 1.11. The number of likely N-dealkylation sites (tertiary alicyclic amines) is 1. The van der Waals surface area contributed by atoms with Gasteiger partial charge in [-0.25, -0.2) is 4.79 Å². The first-order chi connectivity index (χ1) is 15.1. The molecule has 0 aromatic heterocycles. The lowest BCUT2D eigenvalue weighted by Crippen LogP contribution is -2.48. The number of piperidine rings is 1. The molecular weight excluding hydrogens is 398 g/mol. The van der Waals surface area contributed by atoms with Gasteiger partial charge in [0, 0.05) is 51.7 Å². The van der Waals surface area contributed by atoms with Crippen molar-refractivity contribution in [1.29, 1.82) is 0 Å². The van der Waals surface area contributed by atoms with Gasteiger partial charge in [-0.15, -0.1) is 0 Å². The van der Waals surface area contributed by atoms with Crippen molar-refractivity contribution >= 4 is 12.0 Å². The van der Waals surface area contributed by atoms with E-state index >= 15 is 0 Å². The number of nitrogens with zero attached hydrogens (tertiary/aromatic N) is 3. The number of hydrogen-bond acceptors (Lipinski definition) is 6. The fourth-order valence-electron chi connectivity index (χ4n) is 4.67. The van der Waals surface area contributed by atoms with Gasteiger partial charge in [-0.05, 0) is 30.4 Å². The molecule has 0 radical (unpaired) electrons. The van der Waals surface area contributed by atoms with Crippen molar-refractivity contribution in [3.63, 3.8) is 0 Å². The Labute approximate surface area is 183 Å². The van der Waals surface area contributed by atoms with Gasteiger partial charge in [0.15, 0.2) is 0 Å². The molecule has 0 saturated carbocycles. The number of carbonyl (C=O) groups is 2. The summed E-state index contributed by atoms with van der Waals surface area (Å²) in [4.78, 5) is 30.7. The molecule has 3 heterocycles. The van der Waals surface area contributed by atoms with Gasteiger partial charge in [-0.1, -0.05) is 24.3 Å². The molecule has 8 nitrogen and oxygen atoms in total. The van der Waals surface area contributed by atoms with Gasteiger partial charge in [0.25, 0.3) is 0 Å². The van der Waals surface area contributed by atoms with E-state index in [4.69, 9.17) is 9.47 Å². The average molecular weight is 432 g/mol. The zero-order valence-corrected chi connectivity index (χ0v) is 18.1. The molecule has 170 valence electrons. The second-order valence-electron chi connectivity index (χ2n) is 8.68. The number of aliphatic hydroxyl groups excluding tert-OH is 1. The first kappa shape index (κ1) is 22.0. The molecule has 3 aliphatic rings. The van der Waals surface area contributed by atoms with Gasteiger partial charge < -0.3 is 24.4 Å². The minimum Gasteiger partial charge on any atom is -0.447 e. The Bertz CT molecular complexity index is 759. The number of rotatable bonds is 5. The molecule has 1 aromatic carbocycles. The summed E-state index contributed by atoms with van der Waals surface area (Å²) in [5.74, 6) is 0.143. The number of hydrogen-bond donors (Lipinski definition) is 1. The molecule has 1 aromatic rings. The van der Waals surface area contributed by atoms with Crippen LogP contribution in [0.2, 0.25) is 0 Å². The van der Waals surface area contributed by atoms with Crippen molar-refractivity contribution in [2.75, 3.05) is 59.1 Å². The van der Waals surface area contributed by atoms with Crippen LogP contribution in [0.3, 0.4) is 0 Å². The Morgan fingerprint density at radius 2 is 1.74 bits per heavy atom. The molecular formula is C23H33N3O5. The summed E-state index contributed by atoms with van der Waals surface area (Å²) in [6.07, 6.45) is 1.16. The summed E-state index contributed by atoms with van der Waals surface area (Å²) in [7, 11) is 0. The largest absolute Gasteiger partial charge is 0.447 e. The van der Waals surface area contributed by atoms with Crippen molar-refractivity contribution in [3.8, 4) is 0 Å². The van der Waals surface area contributed by atoms with Crippen LogP contribution in [0.1, 0.15) is 24.0 Å². The monoisotopic (exact) mass is 431 g/mol. The van der Waals surface area contributed by atoms with Crippen LogP contribution in [0.25, 0.3) is 0 Å². The SMILES string of the molecule is O=C(OCC(O)CN1CCc2ccccc2C1)N1CCC(C(=O)N2CCOCC2)CC1. The topological polar surface area (TPSA) is 82.6 Å². The number of fused-ring (bicyclic) bond motifs is 1. The summed E-state index contributed by atoms with van der Waals surface area (Å²) >= 11 is 0. The minimum atomic E-state index is -0.713. The van der Waals surface area contributed by atoms with Crippen molar-refractivity contribution in [3.05, 3.63) is 35.4 Å². The van der Waals surface area contributed by atoms with Crippen LogP contribution in [-0.2, 0) is 27.2 Å². The number of benzene rings is 1.